The first kappa shape index (κ1) is 7.95. The van der Waals surface area contributed by atoms with Gasteiger partial charge in [0, 0.05) is 24.6 Å². The molecule has 0 aliphatic carbocycles. The van der Waals surface area contributed by atoms with Crippen LogP contribution in [0.1, 0.15) is 18.2 Å². The summed E-state index contributed by atoms with van der Waals surface area (Å²) in [6, 6.07) is 0.489. The second kappa shape index (κ2) is 2.99. The highest BCUT2D eigenvalue weighted by Crippen LogP contribution is 2.19. The molecular formula is C8H10ClN3. The molecule has 0 bridgehead atoms. The minimum absolute atomic E-state index is 0.489. The predicted octanol–water partition coefficient (Wildman–Crippen LogP) is 1.16. The predicted molar refractivity (Wildman–Crippen MR) is 47.0 cm³/mol. The van der Waals surface area contributed by atoms with E-state index in [-0.39, 0.29) is 0 Å². The number of rotatable bonds is 0. The van der Waals surface area contributed by atoms with Crippen molar-refractivity contribution in [3.63, 3.8) is 0 Å². The summed E-state index contributed by atoms with van der Waals surface area (Å²) in [5.74, 6) is 0. The average molecular weight is 184 g/mol. The maximum Gasteiger partial charge on any atom is 0.137 e. The number of hydrogen-bond acceptors (Lipinski definition) is 3. The van der Waals surface area contributed by atoms with Crippen molar-refractivity contribution in [3.05, 3.63) is 22.7 Å². The van der Waals surface area contributed by atoms with Crippen molar-refractivity contribution in [2.24, 2.45) is 0 Å². The number of nitrogens with one attached hydrogen (secondary N) is 1. The van der Waals surface area contributed by atoms with E-state index in [0.717, 1.165) is 24.2 Å². The van der Waals surface area contributed by atoms with Gasteiger partial charge in [-0.15, -0.1) is 0 Å². The van der Waals surface area contributed by atoms with Crippen LogP contribution in [-0.2, 0) is 13.0 Å². The normalized spacial score (nSPS) is 22.0. The average Bonchev–Trinajstić information content (AvgIpc) is 2.04. The molecule has 1 atom stereocenters. The molecule has 2 rings (SSSR count). The fourth-order valence-corrected chi connectivity index (χ4v) is 1.63. The van der Waals surface area contributed by atoms with Crippen molar-refractivity contribution in [2.75, 3.05) is 0 Å². The highest BCUT2D eigenvalue weighted by Gasteiger charge is 2.17. The lowest BCUT2D eigenvalue weighted by molar-refractivity contribution is 0.503. The Balaban J connectivity index is 2.42. The topological polar surface area (TPSA) is 37.8 Å². The molecule has 1 aromatic heterocycles. The van der Waals surface area contributed by atoms with Crippen LogP contribution in [-0.4, -0.2) is 16.0 Å². The second-order valence-electron chi connectivity index (χ2n) is 3.08. The third-order valence-corrected chi connectivity index (χ3v) is 2.43. The largest absolute Gasteiger partial charge is 0.310 e. The summed E-state index contributed by atoms with van der Waals surface area (Å²) in [6.45, 7) is 2.93. The fraction of sp³-hybridized carbons (Fsp3) is 0.500. The minimum atomic E-state index is 0.489. The SMILES string of the molecule is CC1Cc2ncnc(Cl)c2CN1. The third-order valence-electron chi connectivity index (χ3n) is 2.11. The monoisotopic (exact) mass is 183 g/mol. The Morgan fingerprint density at radius 2 is 2.42 bits per heavy atom. The Kier molecular flexibility index (Phi) is 1.98. The van der Waals surface area contributed by atoms with Crippen LogP contribution in [0.2, 0.25) is 5.15 Å². The van der Waals surface area contributed by atoms with Crippen LogP contribution in [0.3, 0.4) is 0 Å². The summed E-state index contributed by atoms with van der Waals surface area (Å²) in [6.07, 6.45) is 2.47. The third kappa shape index (κ3) is 1.30. The number of hydrogen-bond donors (Lipinski definition) is 1. The Labute approximate surface area is 76.2 Å². The van der Waals surface area contributed by atoms with Gasteiger partial charge in [0.1, 0.15) is 11.5 Å². The van der Waals surface area contributed by atoms with E-state index in [1.807, 2.05) is 0 Å². The van der Waals surface area contributed by atoms with Crippen LogP contribution in [0.15, 0.2) is 6.33 Å². The van der Waals surface area contributed by atoms with Gasteiger partial charge in [0.05, 0.1) is 5.69 Å². The van der Waals surface area contributed by atoms with Crippen molar-refractivity contribution in [1.29, 1.82) is 0 Å². The number of nitrogens with zero attached hydrogens (tertiary/aromatic N) is 2. The summed E-state index contributed by atoms with van der Waals surface area (Å²) in [7, 11) is 0. The van der Waals surface area contributed by atoms with Crippen molar-refractivity contribution < 1.29 is 0 Å². The Morgan fingerprint density at radius 3 is 3.25 bits per heavy atom. The Hall–Kier alpha value is -0.670. The van der Waals surface area contributed by atoms with Gasteiger partial charge in [-0.3, -0.25) is 0 Å². The standard InChI is InChI=1S/C8H10ClN3/c1-5-2-7-6(3-10-5)8(9)12-4-11-7/h4-5,10H,2-3H2,1H3. The van der Waals surface area contributed by atoms with E-state index >= 15 is 0 Å². The summed E-state index contributed by atoms with van der Waals surface area (Å²) in [4.78, 5) is 8.13. The van der Waals surface area contributed by atoms with E-state index in [0.29, 0.717) is 11.2 Å². The maximum absolute atomic E-state index is 5.90. The zero-order chi connectivity index (χ0) is 8.55. The molecule has 2 heterocycles. The first-order chi connectivity index (χ1) is 5.77. The van der Waals surface area contributed by atoms with Crippen molar-refractivity contribution in [3.8, 4) is 0 Å². The molecule has 1 aliphatic rings. The Morgan fingerprint density at radius 1 is 1.58 bits per heavy atom. The van der Waals surface area contributed by atoms with E-state index in [1.54, 1.807) is 0 Å². The zero-order valence-corrected chi connectivity index (χ0v) is 7.60. The van der Waals surface area contributed by atoms with Gasteiger partial charge in [-0.2, -0.15) is 0 Å². The number of aromatic nitrogens is 2. The summed E-state index contributed by atoms with van der Waals surface area (Å²) in [5, 5.41) is 3.90. The minimum Gasteiger partial charge on any atom is -0.310 e. The quantitative estimate of drug-likeness (QED) is 0.614. The molecule has 0 fully saturated rings. The van der Waals surface area contributed by atoms with E-state index in [1.165, 1.54) is 6.33 Å². The highest BCUT2D eigenvalue weighted by atomic mass is 35.5. The van der Waals surface area contributed by atoms with Gasteiger partial charge >= 0.3 is 0 Å². The second-order valence-corrected chi connectivity index (χ2v) is 3.43. The van der Waals surface area contributed by atoms with Crippen LogP contribution >= 0.6 is 11.6 Å². The summed E-state index contributed by atoms with van der Waals surface area (Å²) < 4.78 is 0. The highest BCUT2D eigenvalue weighted by molar-refractivity contribution is 6.30. The molecule has 64 valence electrons. The lowest BCUT2D eigenvalue weighted by Crippen LogP contribution is -2.33. The van der Waals surface area contributed by atoms with Gasteiger partial charge in [0.25, 0.3) is 0 Å². The van der Waals surface area contributed by atoms with Gasteiger partial charge in [0.2, 0.25) is 0 Å². The van der Waals surface area contributed by atoms with Gasteiger partial charge in [-0.25, -0.2) is 9.97 Å². The molecule has 1 N–H and O–H groups in total. The van der Waals surface area contributed by atoms with Crippen molar-refractivity contribution in [1.82, 2.24) is 15.3 Å². The molecule has 12 heavy (non-hydrogen) atoms. The molecule has 0 spiro atoms. The van der Waals surface area contributed by atoms with E-state index in [9.17, 15) is 0 Å². The van der Waals surface area contributed by atoms with Crippen LogP contribution in [0.4, 0.5) is 0 Å². The molecular weight excluding hydrogens is 174 g/mol. The van der Waals surface area contributed by atoms with Crippen molar-refractivity contribution >= 4 is 11.6 Å². The van der Waals surface area contributed by atoms with Crippen LogP contribution in [0.5, 0.6) is 0 Å². The van der Waals surface area contributed by atoms with Crippen LogP contribution < -0.4 is 5.32 Å². The smallest absolute Gasteiger partial charge is 0.137 e. The maximum atomic E-state index is 5.90. The van der Waals surface area contributed by atoms with E-state index in [4.69, 9.17) is 11.6 Å². The molecule has 1 aromatic rings. The fourth-order valence-electron chi connectivity index (χ4n) is 1.41. The first-order valence-corrected chi connectivity index (χ1v) is 4.37. The molecule has 0 amide bonds. The molecule has 3 nitrogen and oxygen atoms in total. The molecule has 1 unspecified atom stereocenters. The van der Waals surface area contributed by atoms with Gasteiger partial charge in [-0.1, -0.05) is 11.6 Å². The number of halogens is 1. The molecule has 0 radical (unpaired) electrons. The summed E-state index contributed by atoms with van der Waals surface area (Å²) in [5.41, 5.74) is 2.14. The van der Waals surface area contributed by atoms with Gasteiger partial charge < -0.3 is 5.32 Å². The van der Waals surface area contributed by atoms with E-state index in [2.05, 4.69) is 22.2 Å². The van der Waals surface area contributed by atoms with Crippen LogP contribution in [0.25, 0.3) is 0 Å². The molecule has 1 aliphatic heterocycles. The lowest BCUT2D eigenvalue weighted by Gasteiger charge is -2.21. The molecule has 4 heteroatoms. The molecule has 0 saturated heterocycles. The molecule has 0 saturated carbocycles. The lowest BCUT2D eigenvalue weighted by atomic mass is 10.0. The number of fused-ring (bicyclic) bond motifs is 1. The van der Waals surface area contributed by atoms with E-state index < -0.39 is 0 Å². The van der Waals surface area contributed by atoms with Gasteiger partial charge in [0.15, 0.2) is 0 Å². The first-order valence-electron chi connectivity index (χ1n) is 3.99. The molecule has 0 aromatic carbocycles. The zero-order valence-electron chi connectivity index (χ0n) is 6.84. The van der Waals surface area contributed by atoms with Gasteiger partial charge in [-0.05, 0) is 6.92 Å². The Bertz CT molecular complexity index is 300. The summed E-state index contributed by atoms with van der Waals surface area (Å²) >= 11 is 5.90. The van der Waals surface area contributed by atoms with Crippen molar-refractivity contribution in [2.45, 2.75) is 25.9 Å². The van der Waals surface area contributed by atoms with Crippen LogP contribution in [0, 0.1) is 0 Å².